The Bertz CT molecular complexity index is 1150. The molecule has 2 aromatic heterocycles. The van der Waals surface area contributed by atoms with E-state index < -0.39 is 0 Å². The lowest BCUT2D eigenvalue weighted by Gasteiger charge is -2.14. The molecule has 4 aromatic rings. The number of rotatable bonds is 9. The van der Waals surface area contributed by atoms with Crippen molar-refractivity contribution < 1.29 is 4.79 Å². The van der Waals surface area contributed by atoms with E-state index in [4.69, 9.17) is 0 Å². The van der Waals surface area contributed by atoms with Gasteiger partial charge in [0.15, 0.2) is 11.0 Å². The molecule has 1 amide bonds. The molecule has 0 radical (unpaired) electrons. The molecular weight excluding hydrogens is 436 g/mol. The number of carbonyl (C=O) groups excluding carboxylic acids is 1. The fraction of sp³-hybridized carbons (Fsp3) is 0.240. The van der Waals surface area contributed by atoms with Crippen molar-refractivity contribution in [2.45, 2.75) is 38.4 Å². The molecule has 0 aliphatic heterocycles. The number of aromatic nitrogens is 3. The topological polar surface area (TPSA) is 59.8 Å². The van der Waals surface area contributed by atoms with Gasteiger partial charge in [-0.2, -0.15) is 0 Å². The van der Waals surface area contributed by atoms with Gasteiger partial charge in [0.1, 0.15) is 0 Å². The smallest absolute Gasteiger partial charge is 0.234 e. The second-order valence-corrected chi connectivity index (χ2v) is 9.24. The van der Waals surface area contributed by atoms with Crippen LogP contribution in [-0.2, 0) is 24.2 Å². The molecule has 2 heterocycles. The monoisotopic (exact) mass is 462 g/mol. The highest BCUT2D eigenvalue weighted by Crippen LogP contribution is 2.29. The number of amides is 1. The van der Waals surface area contributed by atoms with Crippen molar-refractivity contribution in [3.63, 3.8) is 0 Å². The molecule has 0 saturated carbocycles. The lowest BCUT2D eigenvalue weighted by molar-refractivity contribution is -0.113. The highest BCUT2D eigenvalue weighted by molar-refractivity contribution is 7.99. The van der Waals surface area contributed by atoms with Crippen LogP contribution in [0.1, 0.15) is 30.5 Å². The van der Waals surface area contributed by atoms with Crippen molar-refractivity contribution in [2.24, 2.45) is 0 Å². The van der Waals surface area contributed by atoms with E-state index in [2.05, 4.69) is 64.3 Å². The normalized spacial score (nSPS) is 10.9. The van der Waals surface area contributed by atoms with Crippen molar-refractivity contribution in [3.05, 3.63) is 82.7 Å². The molecule has 0 spiro atoms. The number of hydrogen-bond donors (Lipinski definition) is 1. The molecule has 0 aliphatic carbocycles. The van der Waals surface area contributed by atoms with E-state index in [9.17, 15) is 4.79 Å². The van der Waals surface area contributed by atoms with Crippen molar-refractivity contribution in [1.82, 2.24) is 14.8 Å². The Balaban J connectivity index is 1.53. The molecule has 7 heteroatoms. The minimum absolute atomic E-state index is 0.0301. The van der Waals surface area contributed by atoms with E-state index in [1.54, 1.807) is 11.3 Å². The summed E-state index contributed by atoms with van der Waals surface area (Å²) in [5.74, 6) is 1.08. The van der Waals surface area contributed by atoms with Crippen LogP contribution in [0.2, 0.25) is 0 Å². The maximum atomic E-state index is 12.8. The molecule has 0 saturated heterocycles. The van der Waals surface area contributed by atoms with Gasteiger partial charge in [0.05, 0.1) is 17.2 Å². The summed E-state index contributed by atoms with van der Waals surface area (Å²) in [5, 5.41) is 14.8. The molecule has 0 fully saturated rings. The molecular formula is C25H26N4OS2. The van der Waals surface area contributed by atoms with Gasteiger partial charge in [-0.1, -0.05) is 80.2 Å². The Morgan fingerprint density at radius 3 is 2.38 bits per heavy atom. The number of hydrogen-bond acceptors (Lipinski definition) is 5. The highest BCUT2D eigenvalue weighted by Gasteiger charge is 2.17. The quantitative estimate of drug-likeness (QED) is 0.314. The zero-order valence-corrected chi connectivity index (χ0v) is 19.9. The summed E-state index contributed by atoms with van der Waals surface area (Å²) in [7, 11) is 0. The molecule has 164 valence electrons. The predicted molar refractivity (Wildman–Crippen MR) is 133 cm³/mol. The van der Waals surface area contributed by atoms with Gasteiger partial charge < -0.3 is 5.32 Å². The van der Waals surface area contributed by atoms with Gasteiger partial charge in [0.2, 0.25) is 5.91 Å². The molecule has 2 aromatic carbocycles. The van der Waals surface area contributed by atoms with Crippen molar-refractivity contribution in [1.29, 1.82) is 0 Å². The lowest BCUT2D eigenvalue weighted by Crippen LogP contribution is -2.17. The van der Waals surface area contributed by atoms with E-state index in [-0.39, 0.29) is 11.7 Å². The second-order valence-electron chi connectivity index (χ2n) is 7.35. The number of nitrogens with zero attached hydrogens (tertiary/aromatic N) is 3. The third-order valence-corrected chi connectivity index (χ3v) is 7.07. The van der Waals surface area contributed by atoms with Crippen LogP contribution in [0.15, 0.2) is 71.2 Å². The number of anilines is 1. The minimum atomic E-state index is -0.0301. The Morgan fingerprint density at radius 1 is 0.969 bits per heavy atom. The maximum absolute atomic E-state index is 12.8. The summed E-state index contributed by atoms with van der Waals surface area (Å²) in [6.07, 6.45) is 1.76. The fourth-order valence-corrected chi connectivity index (χ4v) is 5.06. The number of thioether (sulfide) groups is 1. The summed E-state index contributed by atoms with van der Waals surface area (Å²) in [6.45, 7) is 4.87. The number of aryl methyl sites for hydroxylation is 2. The van der Waals surface area contributed by atoms with Crippen molar-refractivity contribution in [2.75, 3.05) is 11.1 Å². The first-order chi connectivity index (χ1) is 15.7. The maximum Gasteiger partial charge on any atom is 0.234 e. The molecule has 4 rings (SSSR count). The first kappa shape index (κ1) is 22.3. The Morgan fingerprint density at radius 2 is 1.72 bits per heavy atom. The number of nitrogens with one attached hydrogen (secondary N) is 1. The molecule has 32 heavy (non-hydrogen) atoms. The van der Waals surface area contributed by atoms with Gasteiger partial charge >= 0.3 is 0 Å². The van der Waals surface area contributed by atoms with E-state index in [0.29, 0.717) is 6.54 Å². The van der Waals surface area contributed by atoms with Gasteiger partial charge in [-0.15, -0.1) is 21.5 Å². The Hall–Kier alpha value is -2.90. The third kappa shape index (κ3) is 5.11. The van der Waals surface area contributed by atoms with Crippen LogP contribution in [0.5, 0.6) is 0 Å². The van der Waals surface area contributed by atoms with E-state index in [0.717, 1.165) is 45.5 Å². The lowest BCUT2D eigenvalue weighted by atomic mass is 10.0. The van der Waals surface area contributed by atoms with Crippen LogP contribution in [0.25, 0.3) is 10.7 Å². The van der Waals surface area contributed by atoms with Crippen LogP contribution in [-0.4, -0.2) is 26.4 Å². The van der Waals surface area contributed by atoms with Crippen LogP contribution in [0.4, 0.5) is 5.69 Å². The Kier molecular flexibility index (Phi) is 7.39. The van der Waals surface area contributed by atoms with Crippen molar-refractivity contribution in [3.8, 4) is 10.7 Å². The number of thiophene rings is 1. The van der Waals surface area contributed by atoms with Crippen LogP contribution in [0.3, 0.4) is 0 Å². The van der Waals surface area contributed by atoms with Crippen molar-refractivity contribution >= 4 is 34.7 Å². The summed E-state index contributed by atoms with van der Waals surface area (Å²) in [5.41, 5.74) is 4.44. The molecule has 1 N–H and O–H groups in total. The first-order valence-corrected chi connectivity index (χ1v) is 12.6. The molecule has 0 atom stereocenters. The van der Waals surface area contributed by atoms with Gasteiger partial charge in [-0.3, -0.25) is 9.36 Å². The van der Waals surface area contributed by atoms with Gasteiger partial charge in [0, 0.05) is 5.69 Å². The SMILES string of the molecule is CCc1cccc(CC)c1NC(=O)CSc1nnc(-c2cccs2)n1Cc1ccccc1. The molecule has 0 aliphatic rings. The molecule has 0 bridgehead atoms. The summed E-state index contributed by atoms with van der Waals surface area (Å²) >= 11 is 3.06. The van der Waals surface area contributed by atoms with Crippen LogP contribution < -0.4 is 5.32 Å². The highest BCUT2D eigenvalue weighted by atomic mass is 32.2. The first-order valence-electron chi connectivity index (χ1n) is 10.7. The Labute approximate surface area is 196 Å². The standard InChI is InChI=1S/C25H26N4OS2/c1-3-19-12-8-13-20(4-2)23(19)26-22(30)17-32-25-28-27-24(21-14-9-15-31-21)29(25)16-18-10-6-5-7-11-18/h5-15H,3-4,16-17H2,1-2H3,(H,26,30). The van der Waals surface area contributed by atoms with E-state index in [1.165, 1.54) is 17.3 Å². The summed E-state index contributed by atoms with van der Waals surface area (Å²) in [6, 6.07) is 20.5. The van der Waals surface area contributed by atoms with Crippen LogP contribution in [0, 0.1) is 0 Å². The average molecular weight is 463 g/mol. The van der Waals surface area contributed by atoms with Gasteiger partial charge in [0.25, 0.3) is 0 Å². The number of para-hydroxylation sites is 1. The van der Waals surface area contributed by atoms with Crippen LogP contribution >= 0.6 is 23.1 Å². The average Bonchev–Trinajstić information content (AvgIpc) is 3.48. The fourth-order valence-electron chi connectivity index (χ4n) is 3.60. The zero-order valence-electron chi connectivity index (χ0n) is 18.2. The van der Waals surface area contributed by atoms with Gasteiger partial charge in [-0.05, 0) is 41.0 Å². The van der Waals surface area contributed by atoms with E-state index in [1.807, 2.05) is 35.7 Å². The zero-order chi connectivity index (χ0) is 22.3. The predicted octanol–water partition coefficient (Wildman–Crippen LogP) is 5.91. The molecule has 5 nitrogen and oxygen atoms in total. The summed E-state index contributed by atoms with van der Waals surface area (Å²) < 4.78 is 2.09. The number of carbonyl (C=O) groups is 1. The van der Waals surface area contributed by atoms with E-state index >= 15 is 0 Å². The number of benzene rings is 2. The third-order valence-electron chi connectivity index (χ3n) is 5.24. The summed E-state index contributed by atoms with van der Waals surface area (Å²) in [4.78, 5) is 13.9. The van der Waals surface area contributed by atoms with Gasteiger partial charge in [-0.25, -0.2) is 0 Å². The molecule has 0 unspecified atom stereocenters. The second kappa shape index (κ2) is 10.6. The largest absolute Gasteiger partial charge is 0.325 e. The minimum Gasteiger partial charge on any atom is -0.325 e.